The first-order valence-electron chi connectivity index (χ1n) is 16.6. The normalized spacial score (nSPS) is 12.3. The summed E-state index contributed by atoms with van der Waals surface area (Å²) in [6, 6.07) is 16.8. The largest absolute Gasteiger partial charge is 0.490 e. The molecule has 1 atom stereocenters. The van der Waals surface area contributed by atoms with Crippen LogP contribution in [0.4, 0.5) is 5.69 Å². The minimum absolute atomic E-state index is 0.0149. The molecule has 0 aliphatic heterocycles. The van der Waals surface area contributed by atoms with E-state index in [4.69, 9.17) is 9.47 Å². The van der Waals surface area contributed by atoms with E-state index in [2.05, 4.69) is 23.5 Å². The Labute approximate surface area is 274 Å². The number of nitrogens with zero attached hydrogens (tertiary/aromatic N) is 3. The second kappa shape index (κ2) is 19.7. The summed E-state index contributed by atoms with van der Waals surface area (Å²) < 4.78 is 42.4. The van der Waals surface area contributed by atoms with Crippen molar-refractivity contribution < 1.29 is 22.8 Å². The van der Waals surface area contributed by atoms with Crippen LogP contribution < -0.4 is 9.47 Å². The van der Waals surface area contributed by atoms with E-state index in [1.54, 1.807) is 42.5 Å². The molecule has 9 nitrogen and oxygen atoms in total. The summed E-state index contributed by atoms with van der Waals surface area (Å²) in [4.78, 5) is 11.1. The van der Waals surface area contributed by atoms with Gasteiger partial charge in [-0.3, -0.25) is 10.1 Å². The van der Waals surface area contributed by atoms with E-state index in [1.165, 1.54) is 69.2 Å². The number of aryl methyl sites for hydroxylation is 1. The lowest BCUT2D eigenvalue weighted by Crippen LogP contribution is -2.06. The van der Waals surface area contributed by atoms with Crippen LogP contribution in [0.5, 0.6) is 11.5 Å². The molecular weight excluding hydrogens is 602 g/mol. The lowest BCUT2D eigenvalue weighted by atomic mass is 9.98. The van der Waals surface area contributed by atoms with E-state index in [9.17, 15) is 18.5 Å². The van der Waals surface area contributed by atoms with E-state index < -0.39 is 21.0 Å². The molecule has 0 bridgehead atoms. The standard InChI is InChI=1S/C36H49N3O6S/c1-4-6-8-10-12-14-25-44-34-24-21-31(28-35(34)45-26-15-13-11-9-7-5-2)36(30-17-16-18-32(27-30)39(40)41)37-38-46(42,43)33-22-19-29(3)20-23-33/h16-24,27-28,36H,4-15,25-26H2,1-3H3. The highest BCUT2D eigenvalue weighted by Crippen LogP contribution is 2.36. The molecular formula is C36H49N3O6S. The van der Waals surface area contributed by atoms with Gasteiger partial charge in [0.1, 0.15) is 6.04 Å². The van der Waals surface area contributed by atoms with Crippen LogP contribution in [-0.2, 0) is 10.0 Å². The quantitative estimate of drug-likeness (QED) is 0.0461. The third kappa shape index (κ3) is 12.2. The number of sulfonamides is 1. The number of nitro benzene ring substituents is 1. The average molecular weight is 652 g/mol. The number of ether oxygens (including phenoxy) is 2. The molecule has 250 valence electrons. The van der Waals surface area contributed by atoms with Crippen LogP contribution in [0.15, 0.2) is 81.3 Å². The summed E-state index contributed by atoms with van der Waals surface area (Å²) >= 11 is 0. The number of hydrogen-bond acceptors (Lipinski definition) is 7. The number of hydrogen-bond donors (Lipinski definition) is 0. The zero-order chi connectivity index (χ0) is 33.2. The summed E-state index contributed by atoms with van der Waals surface area (Å²) in [5, 5.41) is 15.9. The minimum Gasteiger partial charge on any atom is -0.490 e. The van der Waals surface area contributed by atoms with E-state index >= 15 is 0 Å². The number of benzene rings is 3. The Morgan fingerprint density at radius 2 is 1.28 bits per heavy atom. The second-order valence-corrected chi connectivity index (χ2v) is 13.3. The van der Waals surface area contributed by atoms with Crippen LogP contribution in [0.2, 0.25) is 0 Å². The summed E-state index contributed by atoms with van der Waals surface area (Å²) in [6.45, 7) is 7.33. The monoisotopic (exact) mass is 651 g/mol. The zero-order valence-electron chi connectivity index (χ0n) is 27.5. The molecule has 3 aromatic rings. The second-order valence-electron chi connectivity index (χ2n) is 11.7. The van der Waals surface area contributed by atoms with Crippen molar-refractivity contribution in [3.8, 4) is 11.5 Å². The Morgan fingerprint density at radius 3 is 1.89 bits per heavy atom. The van der Waals surface area contributed by atoms with E-state index in [1.807, 2.05) is 6.92 Å². The average Bonchev–Trinajstić information content (AvgIpc) is 3.05. The van der Waals surface area contributed by atoms with Gasteiger partial charge in [0.25, 0.3) is 15.7 Å². The molecule has 46 heavy (non-hydrogen) atoms. The summed E-state index contributed by atoms with van der Waals surface area (Å²) in [7, 11) is -4.12. The number of nitro groups is 1. The zero-order valence-corrected chi connectivity index (χ0v) is 28.3. The minimum atomic E-state index is -4.12. The molecule has 0 aromatic heterocycles. The Kier molecular flexibility index (Phi) is 15.7. The van der Waals surface area contributed by atoms with Crippen LogP contribution in [0.25, 0.3) is 0 Å². The van der Waals surface area contributed by atoms with E-state index in [0.29, 0.717) is 35.8 Å². The molecule has 0 aliphatic carbocycles. The van der Waals surface area contributed by atoms with Gasteiger partial charge in [-0.15, -0.1) is 0 Å². The van der Waals surface area contributed by atoms with E-state index in [0.717, 1.165) is 37.7 Å². The molecule has 0 spiro atoms. The molecule has 3 aromatic carbocycles. The van der Waals surface area contributed by atoms with Crippen molar-refractivity contribution in [2.75, 3.05) is 13.2 Å². The topological polar surface area (TPSA) is 120 Å². The van der Waals surface area contributed by atoms with Crippen molar-refractivity contribution in [2.45, 2.75) is 109 Å². The smallest absolute Gasteiger partial charge is 0.299 e. The fourth-order valence-corrected chi connectivity index (χ4v) is 5.85. The molecule has 0 aliphatic rings. The van der Waals surface area contributed by atoms with Gasteiger partial charge >= 0.3 is 0 Å². The van der Waals surface area contributed by atoms with Gasteiger partial charge in [-0.05, 0) is 55.2 Å². The SMILES string of the molecule is CCCCCCCCOc1ccc(C(N=NS(=O)(=O)c2ccc(C)cc2)c2cccc([N+](=O)[O-])c2)cc1OCCCCCCCC. The van der Waals surface area contributed by atoms with Gasteiger partial charge in [0.2, 0.25) is 0 Å². The molecule has 0 heterocycles. The molecule has 1 unspecified atom stereocenters. The highest BCUT2D eigenvalue weighted by Gasteiger charge is 2.21. The maximum Gasteiger partial charge on any atom is 0.299 e. The molecule has 0 N–H and O–H groups in total. The highest BCUT2D eigenvalue weighted by atomic mass is 32.2. The van der Waals surface area contributed by atoms with Gasteiger partial charge < -0.3 is 9.47 Å². The Morgan fingerprint density at radius 1 is 0.717 bits per heavy atom. The Balaban J connectivity index is 1.91. The molecule has 0 amide bonds. The fourth-order valence-electron chi connectivity index (χ4n) is 5.06. The van der Waals surface area contributed by atoms with Gasteiger partial charge in [-0.25, -0.2) is 0 Å². The first-order chi connectivity index (χ1) is 22.2. The Hall–Kier alpha value is -3.79. The van der Waals surface area contributed by atoms with Gasteiger partial charge in [0.15, 0.2) is 11.5 Å². The third-order valence-electron chi connectivity index (χ3n) is 7.78. The molecule has 3 rings (SSSR count). The van der Waals surface area contributed by atoms with Crippen molar-refractivity contribution in [1.29, 1.82) is 0 Å². The lowest BCUT2D eigenvalue weighted by Gasteiger charge is -2.17. The molecule has 0 fully saturated rings. The number of unbranched alkanes of at least 4 members (excludes halogenated alkanes) is 10. The third-order valence-corrected chi connectivity index (χ3v) is 8.96. The number of rotatable bonds is 22. The predicted octanol–water partition coefficient (Wildman–Crippen LogP) is 10.3. The van der Waals surface area contributed by atoms with Crippen molar-refractivity contribution in [2.24, 2.45) is 9.63 Å². The van der Waals surface area contributed by atoms with Crippen molar-refractivity contribution in [3.63, 3.8) is 0 Å². The molecule has 10 heteroatoms. The molecule has 0 saturated carbocycles. The van der Waals surface area contributed by atoms with Crippen LogP contribution >= 0.6 is 0 Å². The fraction of sp³-hybridized carbons (Fsp3) is 0.500. The van der Waals surface area contributed by atoms with Crippen LogP contribution in [-0.4, -0.2) is 26.6 Å². The Bertz CT molecular complexity index is 1490. The van der Waals surface area contributed by atoms with Crippen molar-refractivity contribution in [1.82, 2.24) is 0 Å². The van der Waals surface area contributed by atoms with Crippen molar-refractivity contribution >= 4 is 15.7 Å². The lowest BCUT2D eigenvalue weighted by molar-refractivity contribution is -0.384. The first kappa shape index (κ1) is 36.7. The maximum absolute atomic E-state index is 13.1. The van der Waals surface area contributed by atoms with Gasteiger partial charge in [-0.2, -0.15) is 13.5 Å². The first-order valence-corrected chi connectivity index (χ1v) is 18.1. The van der Waals surface area contributed by atoms with Gasteiger partial charge in [0, 0.05) is 12.1 Å². The highest BCUT2D eigenvalue weighted by molar-refractivity contribution is 7.90. The summed E-state index contributed by atoms with van der Waals surface area (Å²) in [6.07, 6.45) is 13.6. The van der Waals surface area contributed by atoms with Crippen LogP contribution in [0.3, 0.4) is 0 Å². The van der Waals surface area contributed by atoms with Crippen LogP contribution in [0, 0.1) is 17.0 Å². The predicted molar refractivity (Wildman–Crippen MR) is 182 cm³/mol. The van der Waals surface area contributed by atoms with Crippen molar-refractivity contribution in [3.05, 3.63) is 93.5 Å². The van der Waals surface area contributed by atoms with Crippen LogP contribution in [0.1, 0.15) is 114 Å². The maximum atomic E-state index is 13.1. The van der Waals surface area contributed by atoms with E-state index in [-0.39, 0.29) is 10.6 Å². The molecule has 0 saturated heterocycles. The van der Waals surface area contributed by atoms with Gasteiger partial charge in [0.05, 0.1) is 23.0 Å². The summed E-state index contributed by atoms with van der Waals surface area (Å²) in [5.41, 5.74) is 1.79. The summed E-state index contributed by atoms with van der Waals surface area (Å²) in [5.74, 6) is 1.13. The van der Waals surface area contributed by atoms with Gasteiger partial charge in [-0.1, -0.05) is 118 Å². The molecule has 0 radical (unpaired) electrons. The number of non-ortho nitro benzene ring substituents is 1.